The molecule has 0 unspecified atom stereocenters. The maximum absolute atomic E-state index is 13.4. The van der Waals surface area contributed by atoms with Crippen LogP contribution in [0.5, 0.6) is 23.1 Å². The molecule has 0 atom stereocenters. The molecule has 42 heavy (non-hydrogen) atoms. The number of ether oxygens (including phenoxy) is 3. The van der Waals surface area contributed by atoms with Gasteiger partial charge in [0.25, 0.3) is 21.1 Å². The van der Waals surface area contributed by atoms with Gasteiger partial charge in [-0.2, -0.15) is 9.97 Å². The molecule has 2 N–H and O–H groups in total. The summed E-state index contributed by atoms with van der Waals surface area (Å²) < 4.78 is 97.0. The van der Waals surface area contributed by atoms with Gasteiger partial charge in [-0.15, -0.1) is 0 Å². The Morgan fingerprint density at radius 3 is 2.05 bits per heavy atom. The van der Waals surface area contributed by atoms with Crippen molar-refractivity contribution < 1.29 is 39.5 Å². The van der Waals surface area contributed by atoms with E-state index in [9.17, 15) is 25.3 Å². The number of benzene rings is 2. The predicted octanol–water partition coefficient (Wildman–Crippen LogP) is 3.10. The third-order valence-electron chi connectivity index (χ3n) is 5.73. The van der Waals surface area contributed by atoms with Crippen LogP contribution in [-0.4, -0.2) is 67.5 Å². The first-order valence-electron chi connectivity index (χ1n) is 12.6. The van der Waals surface area contributed by atoms with E-state index in [1.807, 2.05) is 20.8 Å². The Bertz CT molecular complexity index is 1740. The van der Waals surface area contributed by atoms with E-state index in [4.69, 9.17) is 14.2 Å². The molecule has 0 saturated carbocycles. The van der Waals surface area contributed by atoms with Crippen molar-refractivity contribution in [2.45, 2.75) is 43.2 Å². The Kier molecular flexibility index (Phi) is 10.1. The Morgan fingerprint density at radius 1 is 0.881 bits per heavy atom. The van der Waals surface area contributed by atoms with Gasteiger partial charge in [0.2, 0.25) is 25.6 Å². The zero-order chi connectivity index (χ0) is 31.3. The van der Waals surface area contributed by atoms with Crippen molar-refractivity contribution in [2.75, 3.05) is 37.0 Å². The summed E-state index contributed by atoms with van der Waals surface area (Å²) in [5.74, 6) is -1.14. The molecule has 3 rings (SSSR count). The lowest BCUT2D eigenvalue weighted by Gasteiger charge is -2.20. The highest BCUT2D eigenvalue weighted by molar-refractivity contribution is 7.92. The highest BCUT2D eigenvalue weighted by Gasteiger charge is 2.28. The predicted molar refractivity (Wildman–Crippen MR) is 157 cm³/mol. The van der Waals surface area contributed by atoms with Crippen LogP contribution < -0.4 is 23.7 Å². The summed E-state index contributed by atoms with van der Waals surface area (Å²) in [7, 11) is -10.6. The number of methoxy groups -OCH3 is 1. The van der Waals surface area contributed by atoms with Gasteiger partial charge in [-0.1, -0.05) is 45.0 Å². The Balaban J connectivity index is 2.13. The van der Waals surface area contributed by atoms with Gasteiger partial charge in [-0.3, -0.25) is 4.72 Å². The van der Waals surface area contributed by atoms with Gasteiger partial charge in [0.05, 0.1) is 17.8 Å². The highest BCUT2D eigenvalue weighted by atomic mass is 32.2. The summed E-state index contributed by atoms with van der Waals surface area (Å²) in [5, 5.41) is -0.750. The smallest absolute Gasteiger partial charge is 0.264 e. The molecule has 0 aliphatic carbocycles. The lowest BCUT2D eigenvalue weighted by molar-refractivity contribution is 0.288. The fourth-order valence-corrected chi connectivity index (χ4v) is 5.52. The number of nitrogens with zero attached hydrogens (tertiary/aromatic N) is 2. The van der Waals surface area contributed by atoms with Gasteiger partial charge in [-0.25, -0.2) is 30.0 Å². The monoisotopic (exact) mass is 642 g/mol. The van der Waals surface area contributed by atoms with E-state index in [1.54, 1.807) is 30.3 Å². The SMILES string of the molecule is CCS(=O)(=O)NCCOc1nc(S(C)(=O)=O)nc(NS(=O)(=O)c2ccc(C(C)(C)C)cc2)c1Oc1ccccc1OC. The van der Waals surface area contributed by atoms with Gasteiger partial charge in [0.15, 0.2) is 17.3 Å². The minimum Gasteiger partial charge on any atom is -0.493 e. The normalized spacial score (nSPS) is 12.5. The molecule has 0 saturated heterocycles. The Labute approximate surface area is 246 Å². The van der Waals surface area contributed by atoms with E-state index in [0.29, 0.717) is 0 Å². The lowest BCUT2D eigenvalue weighted by atomic mass is 9.87. The van der Waals surface area contributed by atoms with Crippen LogP contribution in [0.3, 0.4) is 0 Å². The summed E-state index contributed by atoms with van der Waals surface area (Å²) in [6, 6.07) is 12.6. The van der Waals surface area contributed by atoms with Crippen LogP contribution in [0.2, 0.25) is 0 Å². The molecule has 3 aromatic rings. The average Bonchev–Trinajstić information content (AvgIpc) is 2.91. The molecule has 0 radical (unpaired) electrons. The van der Waals surface area contributed by atoms with Crippen molar-refractivity contribution in [2.24, 2.45) is 0 Å². The van der Waals surface area contributed by atoms with Crippen molar-refractivity contribution in [1.82, 2.24) is 14.7 Å². The maximum Gasteiger partial charge on any atom is 0.264 e. The largest absolute Gasteiger partial charge is 0.493 e. The Morgan fingerprint density at radius 2 is 1.50 bits per heavy atom. The first-order valence-corrected chi connectivity index (χ1v) is 17.7. The van der Waals surface area contributed by atoms with Gasteiger partial charge in [-0.05, 0) is 42.2 Å². The average molecular weight is 643 g/mol. The van der Waals surface area contributed by atoms with Gasteiger partial charge < -0.3 is 14.2 Å². The molecular weight excluding hydrogens is 609 g/mol. The summed E-state index contributed by atoms with van der Waals surface area (Å²) in [6.07, 6.45) is 0.839. The summed E-state index contributed by atoms with van der Waals surface area (Å²) in [5.41, 5.74) is 0.678. The van der Waals surface area contributed by atoms with Crippen LogP contribution in [0.4, 0.5) is 5.82 Å². The molecule has 0 bridgehead atoms. The molecule has 1 aromatic heterocycles. The number of sulfonamides is 2. The molecule has 230 valence electrons. The second-order valence-electron chi connectivity index (χ2n) is 10.0. The number of sulfone groups is 1. The fourth-order valence-electron chi connectivity index (χ4n) is 3.42. The van der Waals surface area contributed by atoms with Crippen molar-refractivity contribution in [1.29, 1.82) is 0 Å². The number of nitrogens with one attached hydrogen (secondary N) is 2. The first-order chi connectivity index (χ1) is 19.5. The number of para-hydroxylation sites is 2. The molecule has 13 nitrogen and oxygen atoms in total. The minimum atomic E-state index is -4.33. The number of hydrogen-bond donors (Lipinski definition) is 2. The molecule has 0 amide bonds. The standard InChI is InChI=1S/C26H34N4O9S3/c1-7-41(33,34)27-16-17-38-24-22(39-21-11-9-8-10-20(21)37-5)23(28-25(29-24)40(6,31)32)30-42(35,36)19-14-12-18(13-15-19)26(2,3)4/h8-15,27H,7,16-17H2,1-6H3,(H,28,29,30). The summed E-state index contributed by atoms with van der Waals surface area (Å²) in [4.78, 5) is 7.79. The van der Waals surface area contributed by atoms with Crippen molar-refractivity contribution in [3.63, 3.8) is 0 Å². The van der Waals surface area contributed by atoms with E-state index in [1.165, 1.54) is 32.2 Å². The van der Waals surface area contributed by atoms with Crippen LogP contribution in [0, 0.1) is 0 Å². The third kappa shape index (κ3) is 8.53. The zero-order valence-corrected chi connectivity index (χ0v) is 26.5. The fraction of sp³-hybridized carbons (Fsp3) is 0.385. The quantitative estimate of drug-likeness (QED) is 0.207. The number of hydrogen-bond acceptors (Lipinski definition) is 11. The van der Waals surface area contributed by atoms with Gasteiger partial charge >= 0.3 is 0 Å². The third-order valence-corrected chi connectivity index (χ3v) is 9.34. The lowest BCUT2D eigenvalue weighted by Crippen LogP contribution is -2.29. The van der Waals surface area contributed by atoms with Gasteiger partial charge in [0.1, 0.15) is 6.61 Å². The Hall–Kier alpha value is -3.47. The van der Waals surface area contributed by atoms with Crippen molar-refractivity contribution in [3.05, 3.63) is 54.1 Å². The van der Waals surface area contributed by atoms with Crippen molar-refractivity contribution >= 4 is 35.7 Å². The molecule has 0 aliphatic rings. The van der Waals surface area contributed by atoms with Crippen molar-refractivity contribution in [3.8, 4) is 23.1 Å². The van der Waals surface area contributed by atoms with E-state index in [0.717, 1.165) is 11.8 Å². The van der Waals surface area contributed by atoms with Crippen LogP contribution in [-0.2, 0) is 35.3 Å². The van der Waals surface area contributed by atoms with E-state index >= 15 is 0 Å². The maximum atomic E-state index is 13.4. The van der Waals surface area contributed by atoms with Crippen LogP contribution in [0.15, 0.2) is 58.6 Å². The zero-order valence-electron chi connectivity index (χ0n) is 24.0. The summed E-state index contributed by atoms with van der Waals surface area (Å²) >= 11 is 0. The number of rotatable bonds is 13. The molecule has 0 spiro atoms. The van der Waals surface area contributed by atoms with Crippen LogP contribution in [0.25, 0.3) is 0 Å². The molecular formula is C26H34N4O9S3. The number of aromatic nitrogens is 2. The van der Waals surface area contributed by atoms with Gasteiger partial charge in [0, 0.05) is 12.8 Å². The first kappa shape index (κ1) is 33.0. The van der Waals surface area contributed by atoms with E-state index < -0.39 is 46.7 Å². The molecule has 1 heterocycles. The molecule has 2 aromatic carbocycles. The molecule has 0 fully saturated rings. The second kappa shape index (κ2) is 12.8. The minimum absolute atomic E-state index is 0.113. The summed E-state index contributed by atoms with van der Waals surface area (Å²) in [6.45, 7) is 6.92. The highest BCUT2D eigenvalue weighted by Crippen LogP contribution is 2.41. The second-order valence-corrected chi connectivity index (χ2v) is 15.7. The number of anilines is 1. The van der Waals surface area contributed by atoms with E-state index in [-0.39, 0.29) is 46.5 Å². The molecule has 0 aliphatic heterocycles. The van der Waals surface area contributed by atoms with Crippen LogP contribution in [0.1, 0.15) is 33.3 Å². The van der Waals surface area contributed by atoms with E-state index in [2.05, 4.69) is 19.4 Å². The molecule has 16 heteroatoms. The van der Waals surface area contributed by atoms with Crippen LogP contribution >= 0.6 is 0 Å². The topological polar surface area (TPSA) is 180 Å².